The van der Waals surface area contributed by atoms with E-state index < -0.39 is 47.5 Å². The molecule has 1 aliphatic rings. The Morgan fingerprint density at radius 3 is 2.31 bits per heavy atom. The maximum atomic E-state index is 12.5. The van der Waals surface area contributed by atoms with E-state index in [0.29, 0.717) is 10.6 Å². The molecular formula is C22H21N3O7. The van der Waals surface area contributed by atoms with Crippen LogP contribution < -0.4 is 5.32 Å². The molecule has 0 saturated heterocycles. The molecule has 0 aliphatic carbocycles. The van der Waals surface area contributed by atoms with Crippen molar-refractivity contribution in [2.45, 2.75) is 26.2 Å². The summed E-state index contributed by atoms with van der Waals surface area (Å²) in [5.74, 6) is -3.40. The van der Waals surface area contributed by atoms with E-state index in [1.165, 1.54) is 12.1 Å². The van der Waals surface area contributed by atoms with Crippen LogP contribution in [0.3, 0.4) is 0 Å². The second-order valence-corrected chi connectivity index (χ2v) is 8.19. The second kappa shape index (κ2) is 8.58. The molecule has 0 radical (unpaired) electrons. The van der Waals surface area contributed by atoms with Gasteiger partial charge in [0.1, 0.15) is 12.1 Å². The minimum atomic E-state index is -1.000. The van der Waals surface area contributed by atoms with Crippen molar-refractivity contribution in [2.75, 3.05) is 18.5 Å². The lowest BCUT2D eigenvalue weighted by Gasteiger charge is -2.19. The number of carbonyl (C=O) groups excluding carboxylic acids is 4. The molecule has 3 rings (SSSR count). The summed E-state index contributed by atoms with van der Waals surface area (Å²) in [5, 5.41) is 13.7. The van der Waals surface area contributed by atoms with Crippen LogP contribution in [0.25, 0.3) is 0 Å². The summed E-state index contributed by atoms with van der Waals surface area (Å²) in [6, 6.07) is 10.9. The number of rotatable bonds is 6. The molecule has 3 amide bonds. The van der Waals surface area contributed by atoms with E-state index in [-0.39, 0.29) is 16.5 Å². The maximum absolute atomic E-state index is 12.5. The summed E-state index contributed by atoms with van der Waals surface area (Å²) in [6.07, 6.45) is 0. The average Bonchev–Trinajstić information content (AvgIpc) is 2.97. The first-order valence-electron chi connectivity index (χ1n) is 9.68. The summed E-state index contributed by atoms with van der Waals surface area (Å²) in [6.45, 7) is 4.80. The number of nitro groups is 1. The van der Waals surface area contributed by atoms with E-state index in [9.17, 15) is 29.3 Å². The molecular weight excluding hydrogens is 418 g/mol. The molecule has 0 fully saturated rings. The van der Waals surface area contributed by atoms with E-state index in [0.717, 1.165) is 11.6 Å². The van der Waals surface area contributed by atoms with Gasteiger partial charge in [-0.3, -0.25) is 34.2 Å². The van der Waals surface area contributed by atoms with Crippen LogP contribution in [0.1, 0.15) is 47.1 Å². The fourth-order valence-corrected chi connectivity index (χ4v) is 3.18. The van der Waals surface area contributed by atoms with Gasteiger partial charge in [-0.2, -0.15) is 0 Å². The topological polar surface area (TPSA) is 136 Å². The van der Waals surface area contributed by atoms with Crippen molar-refractivity contribution in [3.8, 4) is 0 Å². The van der Waals surface area contributed by atoms with Gasteiger partial charge in [0.25, 0.3) is 23.4 Å². The van der Waals surface area contributed by atoms with Gasteiger partial charge < -0.3 is 10.1 Å². The molecule has 1 aliphatic heterocycles. The molecule has 0 atom stereocenters. The van der Waals surface area contributed by atoms with Gasteiger partial charge in [-0.05, 0) is 29.2 Å². The Hall–Kier alpha value is -4.08. The third-order valence-corrected chi connectivity index (χ3v) is 4.86. The van der Waals surface area contributed by atoms with Crippen molar-refractivity contribution in [2.24, 2.45) is 0 Å². The first kappa shape index (κ1) is 22.6. The number of nitrogens with zero attached hydrogens (tertiary/aromatic N) is 2. The lowest BCUT2D eigenvalue weighted by molar-refractivity contribution is -0.385. The summed E-state index contributed by atoms with van der Waals surface area (Å²) in [4.78, 5) is 59.9. The third kappa shape index (κ3) is 4.64. The standard InChI is InChI=1S/C22H21N3O7/c1-22(2,3)13-7-9-14(10-8-13)23-17(26)12-32-18(27)11-24-20(28)15-5-4-6-16(25(30)31)19(15)21(24)29/h4-10H,11-12H2,1-3H3,(H,23,26). The van der Waals surface area contributed by atoms with E-state index in [2.05, 4.69) is 26.1 Å². The molecule has 2 aromatic rings. The van der Waals surface area contributed by atoms with E-state index >= 15 is 0 Å². The Labute approximate surface area is 183 Å². The van der Waals surface area contributed by atoms with Crippen LogP contribution in [0.5, 0.6) is 0 Å². The first-order chi connectivity index (χ1) is 15.0. The Morgan fingerprint density at radius 1 is 1.06 bits per heavy atom. The summed E-state index contributed by atoms with van der Waals surface area (Å²) in [7, 11) is 0. The first-order valence-corrected chi connectivity index (χ1v) is 9.68. The number of nitro benzene ring substituents is 1. The smallest absolute Gasteiger partial charge is 0.326 e. The van der Waals surface area contributed by atoms with Gasteiger partial charge in [-0.1, -0.05) is 39.0 Å². The number of ether oxygens (including phenoxy) is 1. The van der Waals surface area contributed by atoms with Crippen LogP contribution in [0, 0.1) is 10.1 Å². The monoisotopic (exact) mass is 439 g/mol. The molecule has 0 bridgehead atoms. The highest BCUT2D eigenvalue weighted by Gasteiger charge is 2.41. The summed E-state index contributed by atoms with van der Waals surface area (Å²) in [5.41, 5.74) is 0.520. The quantitative estimate of drug-likeness (QED) is 0.316. The molecule has 166 valence electrons. The number of hydrogen-bond donors (Lipinski definition) is 1. The highest BCUT2D eigenvalue weighted by Crippen LogP contribution is 2.30. The molecule has 2 aromatic carbocycles. The predicted octanol–water partition coefficient (Wildman–Crippen LogP) is 2.67. The van der Waals surface area contributed by atoms with E-state index in [1.54, 1.807) is 12.1 Å². The minimum Gasteiger partial charge on any atom is -0.454 e. The Bertz CT molecular complexity index is 1120. The van der Waals surface area contributed by atoms with Crippen molar-refractivity contribution in [3.05, 3.63) is 69.3 Å². The SMILES string of the molecule is CC(C)(C)c1ccc(NC(=O)COC(=O)CN2C(=O)c3cccc([N+](=O)[O-])c3C2=O)cc1. The molecule has 0 aromatic heterocycles. The van der Waals surface area contributed by atoms with Gasteiger partial charge in [0.05, 0.1) is 10.5 Å². The van der Waals surface area contributed by atoms with Crippen LogP contribution >= 0.6 is 0 Å². The highest BCUT2D eigenvalue weighted by atomic mass is 16.6. The van der Waals surface area contributed by atoms with Crippen LogP contribution in [-0.4, -0.2) is 46.7 Å². The number of amides is 3. The molecule has 1 N–H and O–H groups in total. The van der Waals surface area contributed by atoms with Gasteiger partial charge in [0.15, 0.2) is 6.61 Å². The fraction of sp³-hybridized carbons (Fsp3) is 0.273. The Balaban J connectivity index is 1.56. The number of fused-ring (bicyclic) bond motifs is 1. The number of imide groups is 1. The summed E-state index contributed by atoms with van der Waals surface area (Å²) < 4.78 is 4.86. The fourth-order valence-electron chi connectivity index (χ4n) is 3.18. The number of nitrogens with one attached hydrogen (secondary N) is 1. The molecule has 32 heavy (non-hydrogen) atoms. The molecule has 0 saturated carbocycles. The number of hydrogen-bond acceptors (Lipinski definition) is 7. The lowest BCUT2D eigenvalue weighted by atomic mass is 9.87. The number of carbonyl (C=O) groups is 4. The van der Waals surface area contributed by atoms with Crippen LogP contribution in [0.2, 0.25) is 0 Å². The average molecular weight is 439 g/mol. The zero-order chi connectivity index (χ0) is 23.6. The van der Waals surface area contributed by atoms with Crippen LogP contribution in [-0.2, 0) is 19.7 Å². The highest BCUT2D eigenvalue weighted by molar-refractivity contribution is 6.24. The molecule has 1 heterocycles. The van der Waals surface area contributed by atoms with E-state index in [1.807, 2.05) is 12.1 Å². The number of esters is 1. The van der Waals surface area contributed by atoms with E-state index in [4.69, 9.17) is 4.74 Å². The van der Waals surface area contributed by atoms with Crippen molar-refractivity contribution in [3.63, 3.8) is 0 Å². The largest absolute Gasteiger partial charge is 0.454 e. The second-order valence-electron chi connectivity index (χ2n) is 8.19. The molecule has 10 heteroatoms. The maximum Gasteiger partial charge on any atom is 0.326 e. The van der Waals surface area contributed by atoms with Crippen molar-refractivity contribution in [1.29, 1.82) is 0 Å². The normalized spacial score (nSPS) is 13.0. The molecule has 0 spiro atoms. The molecule has 0 unspecified atom stereocenters. The van der Waals surface area contributed by atoms with Gasteiger partial charge in [0.2, 0.25) is 0 Å². The van der Waals surface area contributed by atoms with Crippen molar-refractivity contribution in [1.82, 2.24) is 4.90 Å². The zero-order valence-corrected chi connectivity index (χ0v) is 17.7. The number of benzene rings is 2. The molecule has 10 nitrogen and oxygen atoms in total. The lowest BCUT2D eigenvalue weighted by Crippen LogP contribution is -2.36. The van der Waals surface area contributed by atoms with Gasteiger partial charge >= 0.3 is 5.97 Å². The van der Waals surface area contributed by atoms with Crippen molar-refractivity contribution >= 4 is 35.1 Å². The third-order valence-electron chi connectivity index (χ3n) is 4.86. The van der Waals surface area contributed by atoms with Gasteiger partial charge in [0, 0.05) is 11.8 Å². The van der Waals surface area contributed by atoms with Crippen LogP contribution in [0.4, 0.5) is 11.4 Å². The number of anilines is 1. The summed E-state index contributed by atoms with van der Waals surface area (Å²) >= 11 is 0. The zero-order valence-electron chi connectivity index (χ0n) is 17.7. The Kier molecular flexibility index (Phi) is 6.06. The van der Waals surface area contributed by atoms with Crippen molar-refractivity contribution < 1.29 is 28.8 Å². The Morgan fingerprint density at radius 2 is 1.72 bits per heavy atom. The minimum absolute atomic E-state index is 0.0391. The predicted molar refractivity (Wildman–Crippen MR) is 113 cm³/mol. The van der Waals surface area contributed by atoms with Gasteiger partial charge in [-0.25, -0.2) is 0 Å². The van der Waals surface area contributed by atoms with Gasteiger partial charge in [-0.15, -0.1) is 0 Å². The van der Waals surface area contributed by atoms with Crippen LogP contribution in [0.15, 0.2) is 42.5 Å².